The van der Waals surface area contributed by atoms with Crippen LogP contribution in [0, 0.1) is 0 Å². The van der Waals surface area contributed by atoms with Gasteiger partial charge in [0.15, 0.2) is 23.1 Å². The van der Waals surface area contributed by atoms with Crippen LogP contribution in [-0.4, -0.2) is 24.5 Å². The number of hydrogen-bond donors (Lipinski definition) is 0. The highest BCUT2D eigenvalue weighted by molar-refractivity contribution is 6.15. The molecule has 0 atom stereocenters. The predicted octanol–water partition coefficient (Wildman–Crippen LogP) is 11.4. The van der Waals surface area contributed by atoms with Gasteiger partial charge in [0.05, 0.1) is 11.0 Å². The molecule has 0 bridgehead atoms. The van der Waals surface area contributed by atoms with Crippen LogP contribution >= 0.6 is 0 Å². The molecule has 6 nitrogen and oxygen atoms in total. The van der Waals surface area contributed by atoms with Gasteiger partial charge in [0, 0.05) is 38.7 Å². The average Bonchev–Trinajstić information content (AvgIpc) is 3.81. The molecule has 3 heterocycles. The van der Waals surface area contributed by atoms with Gasteiger partial charge in [-0.1, -0.05) is 133 Å². The molecule has 6 heteroatoms. The molecule has 10 rings (SSSR count). The summed E-state index contributed by atoms with van der Waals surface area (Å²) in [6, 6.07) is 60.0. The molecule has 7 aromatic carbocycles. The van der Waals surface area contributed by atoms with Gasteiger partial charge in [-0.3, -0.25) is 0 Å². The molecule has 244 valence electrons. The molecule has 0 radical (unpaired) electrons. The Morgan fingerprint density at radius 1 is 0.385 bits per heavy atom. The molecule has 3 aromatic heterocycles. The fourth-order valence-corrected chi connectivity index (χ4v) is 7.02. The highest BCUT2D eigenvalue weighted by Crippen LogP contribution is 2.39. The monoisotopic (exact) mass is 667 g/mol. The van der Waals surface area contributed by atoms with E-state index in [0.717, 1.165) is 72.0 Å². The van der Waals surface area contributed by atoms with Crippen molar-refractivity contribution < 1.29 is 4.42 Å². The van der Waals surface area contributed by atoms with Gasteiger partial charge >= 0.3 is 0 Å². The highest BCUT2D eigenvalue weighted by atomic mass is 16.3. The van der Waals surface area contributed by atoms with Gasteiger partial charge in [-0.25, -0.2) is 19.9 Å². The molecule has 0 N–H and O–H groups in total. The van der Waals surface area contributed by atoms with Crippen molar-refractivity contribution in [2.75, 3.05) is 0 Å². The van der Waals surface area contributed by atoms with Gasteiger partial charge in [0.1, 0.15) is 5.52 Å². The number of rotatable bonds is 6. The van der Waals surface area contributed by atoms with E-state index in [9.17, 15) is 0 Å². The smallest absolute Gasteiger partial charge is 0.228 e. The van der Waals surface area contributed by atoms with Crippen molar-refractivity contribution in [3.63, 3.8) is 0 Å². The molecule has 0 aliphatic carbocycles. The van der Waals surface area contributed by atoms with Gasteiger partial charge in [-0.05, 0) is 53.6 Å². The SMILES string of the molecule is c1ccc(-c2nc(-c3ccccc3)nc(-c3ccc(-c4ccc(-n5c6ccccc6c6c(-c7nc8ccccc8o7)cccc65)cc4)cc3)n2)cc1. The third-order valence-electron chi connectivity index (χ3n) is 9.52. The topological polar surface area (TPSA) is 69.6 Å². The quantitative estimate of drug-likeness (QED) is 0.176. The number of hydrogen-bond acceptors (Lipinski definition) is 5. The Labute approximate surface area is 299 Å². The van der Waals surface area contributed by atoms with Gasteiger partial charge in [0.2, 0.25) is 5.89 Å². The predicted molar refractivity (Wildman–Crippen MR) is 209 cm³/mol. The molecule has 0 aliphatic rings. The standard InChI is InChI=1S/C46H29N5O/c1-3-12-32(13-4-1)43-48-44(33-14-5-2-6-15-33)50-45(49-43)34-24-22-30(23-25-34)31-26-28-35(29-27-31)51-39-19-9-7-16-36(39)42-37(17-11-20-40(42)51)46-47-38-18-8-10-21-41(38)52-46/h1-29H. The zero-order chi connectivity index (χ0) is 34.4. The molecule has 0 saturated carbocycles. The molecule has 0 spiro atoms. The number of benzene rings is 7. The highest BCUT2D eigenvalue weighted by Gasteiger charge is 2.19. The molecule has 10 aromatic rings. The fraction of sp³-hybridized carbons (Fsp3) is 0. The maximum atomic E-state index is 6.25. The van der Waals surface area contributed by atoms with Crippen molar-refractivity contribution in [2.45, 2.75) is 0 Å². The van der Waals surface area contributed by atoms with Crippen molar-refractivity contribution in [1.82, 2.24) is 24.5 Å². The fourth-order valence-electron chi connectivity index (χ4n) is 7.02. The van der Waals surface area contributed by atoms with Crippen molar-refractivity contribution in [2.24, 2.45) is 0 Å². The van der Waals surface area contributed by atoms with Gasteiger partial charge in [-0.2, -0.15) is 0 Å². The molecular formula is C46H29N5O. The Balaban J connectivity index is 1.01. The van der Waals surface area contributed by atoms with Crippen LogP contribution in [0.2, 0.25) is 0 Å². The molecular weight excluding hydrogens is 639 g/mol. The van der Waals surface area contributed by atoms with Gasteiger partial charge in [-0.15, -0.1) is 0 Å². The minimum absolute atomic E-state index is 0.623. The molecule has 0 saturated heterocycles. The molecule has 0 aliphatic heterocycles. The first-order chi connectivity index (χ1) is 25.8. The lowest BCUT2D eigenvalue weighted by atomic mass is 10.0. The maximum Gasteiger partial charge on any atom is 0.228 e. The summed E-state index contributed by atoms with van der Waals surface area (Å²) in [5.74, 6) is 2.56. The lowest BCUT2D eigenvalue weighted by Crippen LogP contribution is -2.00. The van der Waals surface area contributed by atoms with E-state index in [1.54, 1.807) is 0 Å². The van der Waals surface area contributed by atoms with Gasteiger partial charge < -0.3 is 8.98 Å². The Kier molecular flexibility index (Phi) is 7.03. The first-order valence-corrected chi connectivity index (χ1v) is 17.2. The van der Waals surface area contributed by atoms with E-state index in [2.05, 4.69) is 95.6 Å². The normalized spacial score (nSPS) is 11.5. The molecule has 0 unspecified atom stereocenters. The minimum Gasteiger partial charge on any atom is -0.436 e. The molecule has 0 amide bonds. The zero-order valence-electron chi connectivity index (χ0n) is 27.9. The van der Waals surface area contributed by atoms with Crippen LogP contribution in [0.3, 0.4) is 0 Å². The van der Waals surface area contributed by atoms with Gasteiger partial charge in [0.25, 0.3) is 0 Å². The summed E-state index contributed by atoms with van der Waals surface area (Å²) in [7, 11) is 0. The van der Waals surface area contributed by atoms with Crippen LogP contribution in [0.15, 0.2) is 180 Å². The number of oxazole rings is 1. The zero-order valence-corrected chi connectivity index (χ0v) is 27.9. The summed E-state index contributed by atoms with van der Waals surface area (Å²) in [4.78, 5) is 19.5. The second kappa shape index (κ2) is 12.3. The Hall–Kier alpha value is -7.18. The summed E-state index contributed by atoms with van der Waals surface area (Å²) >= 11 is 0. The van der Waals surface area contributed by atoms with Crippen molar-refractivity contribution in [3.8, 4) is 62.4 Å². The first kappa shape index (κ1) is 29.7. The van der Waals surface area contributed by atoms with E-state index in [4.69, 9.17) is 24.4 Å². The Morgan fingerprint density at radius 2 is 0.904 bits per heavy atom. The summed E-state index contributed by atoms with van der Waals surface area (Å²) in [6.07, 6.45) is 0. The van der Waals surface area contributed by atoms with E-state index in [0.29, 0.717) is 23.4 Å². The lowest BCUT2D eigenvalue weighted by Gasteiger charge is -2.11. The van der Waals surface area contributed by atoms with Crippen LogP contribution in [0.4, 0.5) is 0 Å². The van der Waals surface area contributed by atoms with E-state index < -0.39 is 0 Å². The lowest BCUT2D eigenvalue weighted by molar-refractivity contribution is 0.620. The van der Waals surface area contributed by atoms with Crippen LogP contribution in [0.5, 0.6) is 0 Å². The van der Waals surface area contributed by atoms with Crippen molar-refractivity contribution >= 4 is 32.9 Å². The van der Waals surface area contributed by atoms with Crippen LogP contribution in [-0.2, 0) is 0 Å². The number of nitrogens with zero attached hydrogens (tertiary/aromatic N) is 5. The summed E-state index contributed by atoms with van der Waals surface area (Å²) in [5, 5.41) is 2.27. The summed E-state index contributed by atoms with van der Waals surface area (Å²) in [5.41, 5.74) is 11.0. The van der Waals surface area contributed by atoms with Crippen LogP contribution in [0.1, 0.15) is 0 Å². The first-order valence-electron chi connectivity index (χ1n) is 17.2. The third-order valence-corrected chi connectivity index (χ3v) is 9.52. The van der Waals surface area contributed by atoms with E-state index in [1.165, 1.54) is 0 Å². The van der Waals surface area contributed by atoms with E-state index in [-0.39, 0.29) is 0 Å². The summed E-state index contributed by atoms with van der Waals surface area (Å²) in [6.45, 7) is 0. The molecule has 52 heavy (non-hydrogen) atoms. The van der Waals surface area contributed by atoms with E-state index in [1.807, 2.05) is 84.9 Å². The van der Waals surface area contributed by atoms with Crippen LogP contribution in [0.25, 0.3) is 95.3 Å². The summed E-state index contributed by atoms with van der Waals surface area (Å²) < 4.78 is 8.57. The Morgan fingerprint density at radius 3 is 1.56 bits per heavy atom. The van der Waals surface area contributed by atoms with E-state index >= 15 is 0 Å². The number of fused-ring (bicyclic) bond motifs is 4. The number of para-hydroxylation sites is 3. The Bertz CT molecular complexity index is 2790. The second-order valence-electron chi connectivity index (χ2n) is 12.7. The average molecular weight is 668 g/mol. The minimum atomic E-state index is 0.623. The third kappa shape index (κ3) is 5.13. The number of aromatic nitrogens is 5. The maximum absolute atomic E-state index is 6.25. The van der Waals surface area contributed by atoms with Crippen LogP contribution < -0.4 is 0 Å². The van der Waals surface area contributed by atoms with Crippen molar-refractivity contribution in [3.05, 3.63) is 176 Å². The van der Waals surface area contributed by atoms with Crippen molar-refractivity contribution in [1.29, 1.82) is 0 Å². The largest absolute Gasteiger partial charge is 0.436 e. The molecule has 0 fully saturated rings. The second-order valence-corrected chi connectivity index (χ2v) is 12.7.